The molecule has 3 heterocycles. The Morgan fingerprint density at radius 1 is 1.11 bits per heavy atom. The van der Waals surface area contributed by atoms with Crippen LogP contribution in [0.15, 0.2) is 0 Å². The SMILES string of the molecule is CC(CC1CCCCN1)N1CCN2CCCC2C1. The Bertz CT molecular complexity index is 262. The first-order valence-electron chi connectivity index (χ1n) is 8.04. The summed E-state index contributed by atoms with van der Waals surface area (Å²) in [6.07, 6.45) is 8.43. The van der Waals surface area contributed by atoms with Crippen LogP contribution in [0.2, 0.25) is 0 Å². The topological polar surface area (TPSA) is 18.5 Å². The third-order valence-electron chi connectivity index (χ3n) is 5.28. The van der Waals surface area contributed by atoms with Gasteiger partial charge in [0, 0.05) is 37.8 Å². The Kier molecular flexibility index (Phi) is 4.22. The van der Waals surface area contributed by atoms with E-state index in [0.717, 1.165) is 18.1 Å². The number of piperidine rings is 1. The number of piperazine rings is 1. The van der Waals surface area contributed by atoms with Gasteiger partial charge in [-0.25, -0.2) is 0 Å². The highest BCUT2D eigenvalue weighted by Gasteiger charge is 2.32. The van der Waals surface area contributed by atoms with E-state index >= 15 is 0 Å². The molecule has 0 aromatic heterocycles. The molecule has 18 heavy (non-hydrogen) atoms. The van der Waals surface area contributed by atoms with E-state index in [1.54, 1.807) is 0 Å². The van der Waals surface area contributed by atoms with Crippen LogP contribution >= 0.6 is 0 Å². The molecule has 3 heteroatoms. The van der Waals surface area contributed by atoms with Crippen LogP contribution in [0.3, 0.4) is 0 Å². The summed E-state index contributed by atoms with van der Waals surface area (Å²) in [4.78, 5) is 5.46. The molecule has 3 nitrogen and oxygen atoms in total. The molecule has 3 unspecified atom stereocenters. The second-order valence-corrected chi connectivity index (χ2v) is 6.56. The molecular formula is C15H29N3. The van der Waals surface area contributed by atoms with Crippen molar-refractivity contribution in [3.8, 4) is 0 Å². The minimum Gasteiger partial charge on any atom is -0.314 e. The van der Waals surface area contributed by atoms with Gasteiger partial charge in [0.15, 0.2) is 0 Å². The largest absolute Gasteiger partial charge is 0.314 e. The maximum atomic E-state index is 3.70. The summed E-state index contributed by atoms with van der Waals surface area (Å²) in [6, 6.07) is 2.43. The van der Waals surface area contributed by atoms with Gasteiger partial charge in [-0.3, -0.25) is 9.80 Å². The molecule has 3 saturated heterocycles. The van der Waals surface area contributed by atoms with Crippen LogP contribution in [-0.2, 0) is 0 Å². The van der Waals surface area contributed by atoms with Crippen LogP contribution in [0.25, 0.3) is 0 Å². The lowest BCUT2D eigenvalue weighted by Gasteiger charge is -2.41. The van der Waals surface area contributed by atoms with Crippen molar-refractivity contribution in [1.29, 1.82) is 0 Å². The smallest absolute Gasteiger partial charge is 0.0224 e. The van der Waals surface area contributed by atoms with E-state index in [1.165, 1.54) is 71.2 Å². The summed E-state index contributed by atoms with van der Waals surface area (Å²) in [5.41, 5.74) is 0. The second kappa shape index (κ2) is 5.89. The van der Waals surface area contributed by atoms with Crippen molar-refractivity contribution < 1.29 is 0 Å². The monoisotopic (exact) mass is 251 g/mol. The Labute approximate surface area is 112 Å². The van der Waals surface area contributed by atoms with Gasteiger partial charge in [0.25, 0.3) is 0 Å². The third kappa shape index (κ3) is 2.89. The maximum absolute atomic E-state index is 3.70. The van der Waals surface area contributed by atoms with Gasteiger partial charge in [0.1, 0.15) is 0 Å². The van der Waals surface area contributed by atoms with Crippen molar-refractivity contribution >= 4 is 0 Å². The molecule has 0 bridgehead atoms. The minimum atomic E-state index is 0.767. The average Bonchev–Trinajstić information content (AvgIpc) is 2.87. The molecule has 3 aliphatic heterocycles. The average molecular weight is 251 g/mol. The van der Waals surface area contributed by atoms with Crippen molar-refractivity contribution in [3.63, 3.8) is 0 Å². The molecule has 3 fully saturated rings. The highest BCUT2D eigenvalue weighted by Crippen LogP contribution is 2.24. The van der Waals surface area contributed by atoms with Gasteiger partial charge < -0.3 is 5.32 Å². The zero-order valence-corrected chi connectivity index (χ0v) is 11.9. The quantitative estimate of drug-likeness (QED) is 0.823. The van der Waals surface area contributed by atoms with Crippen molar-refractivity contribution in [1.82, 2.24) is 15.1 Å². The van der Waals surface area contributed by atoms with Crippen molar-refractivity contribution in [2.75, 3.05) is 32.7 Å². The summed E-state index contributed by atoms with van der Waals surface area (Å²) in [7, 11) is 0. The standard InChI is InChI=1S/C15H29N3/c1-13(11-14-5-2-3-7-16-14)18-10-9-17-8-4-6-15(17)12-18/h13-16H,2-12H2,1H3. The lowest BCUT2D eigenvalue weighted by atomic mass is 9.97. The highest BCUT2D eigenvalue weighted by molar-refractivity contribution is 4.89. The summed E-state index contributed by atoms with van der Waals surface area (Å²) in [5.74, 6) is 0. The molecule has 0 aromatic rings. The predicted molar refractivity (Wildman–Crippen MR) is 75.9 cm³/mol. The molecule has 3 aliphatic rings. The molecule has 0 aromatic carbocycles. The summed E-state index contributed by atoms with van der Waals surface area (Å²) >= 11 is 0. The Morgan fingerprint density at radius 3 is 2.89 bits per heavy atom. The first-order chi connectivity index (χ1) is 8.83. The van der Waals surface area contributed by atoms with Crippen LogP contribution in [0, 0.1) is 0 Å². The second-order valence-electron chi connectivity index (χ2n) is 6.56. The lowest BCUT2D eigenvalue weighted by Crippen LogP contribution is -2.54. The Balaban J connectivity index is 1.48. The van der Waals surface area contributed by atoms with E-state index in [9.17, 15) is 0 Å². The van der Waals surface area contributed by atoms with Gasteiger partial charge in [-0.15, -0.1) is 0 Å². The van der Waals surface area contributed by atoms with Crippen molar-refractivity contribution in [2.24, 2.45) is 0 Å². The van der Waals surface area contributed by atoms with E-state index in [4.69, 9.17) is 0 Å². The fraction of sp³-hybridized carbons (Fsp3) is 1.00. The maximum Gasteiger partial charge on any atom is 0.0224 e. The summed E-state index contributed by atoms with van der Waals surface area (Å²) in [6.45, 7) is 8.98. The first-order valence-corrected chi connectivity index (χ1v) is 8.04. The lowest BCUT2D eigenvalue weighted by molar-refractivity contribution is 0.0692. The minimum absolute atomic E-state index is 0.767. The van der Waals surface area contributed by atoms with E-state index in [2.05, 4.69) is 22.0 Å². The van der Waals surface area contributed by atoms with Crippen molar-refractivity contribution in [3.05, 3.63) is 0 Å². The molecule has 0 radical (unpaired) electrons. The van der Waals surface area contributed by atoms with E-state index in [1.807, 2.05) is 0 Å². The molecule has 104 valence electrons. The van der Waals surface area contributed by atoms with Crippen LogP contribution in [0.5, 0.6) is 0 Å². The number of hydrogen-bond donors (Lipinski definition) is 1. The van der Waals surface area contributed by atoms with Gasteiger partial charge in [-0.2, -0.15) is 0 Å². The summed E-state index contributed by atoms with van der Waals surface area (Å²) < 4.78 is 0. The van der Waals surface area contributed by atoms with E-state index < -0.39 is 0 Å². The van der Waals surface area contributed by atoms with Crippen LogP contribution in [0.1, 0.15) is 45.4 Å². The molecule has 0 aliphatic carbocycles. The molecule has 3 atom stereocenters. The highest BCUT2D eigenvalue weighted by atomic mass is 15.3. The fourth-order valence-electron chi connectivity index (χ4n) is 4.10. The van der Waals surface area contributed by atoms with E-state index in [-0.39, 0.29) is 0 Å². The van der Waals surface area contributed by atoms with Gasteiger partial charge in [0.05, 0.1) is 0 Å². The number of fused-ring (bicyclic) bond motifs is 1. The number of rotatable bonds is 3. The van der Waals surface area contributed by atoms with E-state index in [0.29, 0.717) is 0 Å². The molecular weight excluding hydrogens is 222 g/mol. The predicted octanol–water partition coefficient (Wildman–Crippen LogP) is 1.69. The Hall–Kier alpha value is -0.120. The number of nitrogens with one attached hydrogen (secondary N) is 1. The van der Waals surface area contributed by atoms with Gasteiger partial charge >= 0.3 is 0 Å². The normalized spacial score (nSPS) is 36.5. The molecule has 1 N–H and O–H groups in total. The van der Waals surface area contributed by atoms with Gasteiger partial charge in [-0.05, 0) is 52.1 Å². The molecule has 0 amide bonds. The zero-order valence-electron chi connectivity index (χ0n) is 11.9. The van der Waals surface area contributed by atoms with Gasteiger partial charge in [0.2, 0.25) is 0 Å². The first kappa shape index (κ1) is 12.9. The van der Waals surface area contributed by atoms with Crippen LogP contribution < -0.4 is 5.32 Å². The third-order valence-corrected chi connectivity index (χ3v) is 5.28. The van der Waals surface area contributed by atoms with Crippen LogP contribution in [-0.4, -0.2) is 60.6 Å². The number of hydrogen-bond acceptors (Lipinski definition) is 3. The molecule has 0 saturated carbocycles. The fourth-order valence-corrected chi connectivity index (χ4v) is 4.10. The molecule has 3 rings (SSSR count). The zero-order chi connectivity index (χ0) is 12.4. The van der Waals surface area contributed by atoms with Crippen LogP contribution in [0.4, 0.5) is 0 Å². The van der Waals surface area contributed by atoms with Crippen molar-refractivity contribution in [2.45, 2.75) is 63.6 Å². The van der Waals surface area contributed by atoms with Gasteiger partial charge in [-0.1, -0.05) is 6.42 Å². The summed E-state index contributed by atoms with van der Waals surface area (Å²) in [5, 5.41) is 3.70. The number of nitrogens with zero attached hydrogens (tertiary/aromatic N) is 2. The Morgan fingerprint density at radius 2 is 2.06 bits per heavy atom. The molecule has 0 spiro atoms.